The van der Waals surface area contributed by atoms with Crippen LogP contribution in [0.1, 0.15) is 11.3 Å². The molecule has 2 amide bonds. The Hall–Kier alpha value is -2.76. The number of hydrogen-bond donors (Lipinski definition) is 2. The van der Waals surface area contributed by atoms with Gasteiger partial charge in [-0.2, -0.15) is 0 Å². The summed E-state index contributed by atoms with van der Waals surface area (Å²) in [4.78, 5) is 16.2. The quantitative estimate of drug-likeness (QED) is 0.880. The summed E-state index contributed by atoms with van der Waals surface area (Å²) in [7, 11) is 1.62. The maximum absolute atomic E-state index is 12.0. The monoisotopic (exact) mass is 327 g/mol. The lowest BCUT2D eigenvalue weighted by Crippen LogP contribution is -2.47. The number of amides is 2. The second-order valence-corrected chi connectivity index (χ2v) is 5.63. The number of carbonyl (C=O) groups is 1. The van der Waals surface area contributed by atoms with Gasteiger partial charge in [0.2, 0.25) is 0 Å². The lowest BCUT2D eigenvalue weighted by atomic mass is 10.0. The molecule has 0 fully saturated rings. The molecule has 3 rings (SSSR count). The van der Waals surface area contributed by atoms with Gasteiger partial charge < -0.3 is 20.1 Å². The van der Waals surface area contributed by atoms with Crippen molar-refractivity contribution in [3.8, 4) is 11.5 Å². The summed E-state index contributed by atoms with van der Waals surface area (Å²) in [5.74, 6) is 1.50. The maximum atomic E-state index is 12.0. The second kappa shape index (κ2) is 7.68. The topological polar surface area (TPSA) is 72.5 Å². The first kappa shape index (κ1) is 16.1. The predicted octanol–water partition coefficient (Wildman–Crippen LogP) is 1.94. The molecule has 0 saturated carbocycles. The van der Waals surface area contributed by atoms with E-state index in [2.05, 4.69) is 15.6 Å². The molecule has 6 heteroatoms. The number of aromatic nitrogens is 1. The van der Waals surface area contributed by atoms with Crippen LogP contribution in [-0.4, -0.2) is 37.3 Å². The minimum absolute atomic E-state index is 0.0561. The van der Waals surface area contributed by atoms with E-state index < -0.39 is 0 Å². The molecule has 2 N–H and O–H groups in total. The molecular weight excluding hydrogens is 306 g/mol. The lowest BCUT2D eigenvalue weighted by molar-refractivity contribution is 0.210. The summed E-state index contributed by atoms with van der Waals surface area (Å²) in [5, 5.41) is 5.80. The third kappa shape index (κ3) is 3.95. The Morgan fingerprint density at radius 1 is 1.33 bits per heavy atom. The molecule has 1 atom stereocenters. The molecule has 126 valence electrons. The largest absolute Gasteiger partial charge is 0.493 e. The van der Waals surface area contributed by atoms with Gasteiger partial charge in [0.25, 0.3) is 0 Å². The van der Waals surface area contributed by atoms with Crippen LogP contribution in [0.4, 0.5) is 4.79 Å². The highest BCUT2D eigenvalue weighted by atomic mass is 16.5. The van der Waals surface area contributed by atoms with Crippen molar-refractivity contribution in [3.63, 3.8) is 0 Å². The molecule has 0 spiro atoms. The number of methoxy groups -OCH3 is 1. The Kier molecular flexibility index (Phi) is 5.15. The zero-order chi connectivity index (χ0) is 16.8. The Morgan fingerprint density at radius 3 is 3.04 bits per heavy atom. The molecule has 24 heavy (non-hydrogen) atoms. The van der Waals surface area contributed by atoms with E-state index in [1.165, 1.54) is 0 Å². The van der Waals surface area contributed by atoms with Crippen LogP contribution in [0.15, 0.2) is 42.6 Å². The van der Waals surface area contributed by atoms with Gasteiger partial charge in [0, 0.05) is 30.4 Å². The van der Waals surface area contributed by atoms with Crippen LogP contribution in [0.2, 0.25) is 0 Å². The minimum Gasteiger partial charge on any atom is -0.493 e. The number of fused-ring (bicyclic) bond motifs is 1. The molecule has 2 aromatic rings. The molecule has 0 radical (unpaired) electrons. The van der Waals surface area contributed by atoms with Crippen molar-refractivity contribution in [3.05, 3.63) is 53.9 Å². The molecule has 1 aliphatic heterocycles. The maximum Gasteiger partial charge on any atom is 0.315 e. The summed E-state index contributed by atoms with van der Waals surface area (Å²) >= 11 is 0. The van der Waals surface area contributed by atoms with Crippen LogP contribution < -0.4 is 20.1 Å². The standard InChI is InChI=1S/C18H21N3O3/c1-23-16-7-4-5-13-11-15(12-24-17(13)16)21-18(22)20-10-8-14-6-2-3-9-19-14/h2-7,9,15H,8,10-12H2,1H3,(H2,20,21,22)/t15-/m1/s1. The van der Waals surface area contributed by atoms with Gasteiger partial charge in [-0.25, -0.2) is 4.79 Å². The smallest absolute Gasteiger partial charge is 0.315 e. The van der Waals surface area contributed by atoms with E-state index in [1.807, 2.05) is 36.4 Å². The van der Waals surface area contributed by atoms with E-state index in [0.29, 0.717) is 19.6 Å². The molecule has 1 aromatic carbocycles. The molecule has 0 saturated heterocycles. The summed E-state index contributed by atoms with van der Waals surface area (Å²) < 4.78 is 11.0. The number of para-hydroxylation sites is 1. The summed E-state index contributed by atoms with van der Waals surface area (Å²) in [6.45, 7) is 0.974. The fourth-order valence-electron chi connectivity index (χ4n) is 2.73. The number of hydrogen-bond acceptors (Lipinski definition) is 4. The van der Waals surface area contributed by atoms with E-state index in [1.54, 1.807) is 13.3 Å². The van der Waals surface area contributed by atoms with Gasteiger partial charge >= 0.3 is 6.03 Å². The van der Waals surface area contributed by atoms with Crippen molar-refractivity contribution in [1.29, 1.82) is 0 Å². The Bertz CT molecular complexity index is 691. The van der Waals surface area contributed by atoms with E-state index in [4.69, 9.17) is 9.47 Å². The van der Waals surface area contributed by atoms with E-state index >= 15 is 0 Å². The van der Waals surface area contributed by atoms with Crippen LogP contribution in [0.3, 0.4) is 0 Å². The zero-order valence-corrected chi connectivity index (χ0v) is 13.6. The van der Waals surface area contributed by atoms with Crippen molar-refractivity contribution in [1.82, 2.24) is 15.6 Å². The molecule has 6 nitrogen and oxygen atoms in total. The third-order valence-corrected chi connectivity index (χ3v) is 3.90. The van der Waals surface area contributed by atoms with Gasteiger partial charge in [0.15, 0.2) is 11.5 Å². The first-order valence-corrected chi connectivity index (χ1v) is 7.99. The van der Waals surface area contributed by atoms with Crippen LogP contribution in [-0.2, 0) is 12.8 Å². The van der Waals surface area contributed by atoms with Gasteiger partial charge in [-0.15, -0.1) is 0 Å². The molecular formula is C18H21N3O3. The fraction of sp³-hybridized carbons (Fsp3) is 0.333. The fourth-order valence-corrected chi connectivity index (χ4v) is 2.73. The van der Waals surface area contributed by atoms with Crippen molar-refractivity contribution < 1.29 is 14.3 Å². The average molecular weight is 327 g/mol. The first-order chi connectivity index (χ1) is 11.8. The highest BCUT2D eigenvalue weighted by Crippen LogP contribution is 2.34. The van der Waals surface area contributed by atoms with Crippen LogP contribution in [0.5, 0.6) is 11.5 Å². The molecule has 2 heterocycles. The molecule has 1 aromatic heterocycles. The number of nitrogens with zero attached hydrogens (tertiary/aromatic N) is 1. The molecule has 0 unspecified atom stereocenters. The van der Waals surface area contributed by atoms with Crippen molar-refractivity contribution in [2.24, 2.45) is 0 Å². The minimum atomic E-state index is -0.189. The number of urea groups is 1. The number of ether oxygens (including phenoxy) is 2. The van der Waals surface area contributed by atoms with Gasteiger partial charge in [-0.3, -0.25) is 4.98 Å². The number of nitrogens with one attached hydrogen (secondary N) is 2. The molecule has 1 aliphatic rings. The number of pyridine rings is 1. The number of carbonyl (C=O) groups excluding carboxylic acids is 1. The van der Waals surface area contributed by atoms with E-state index in [9.17, 15) is 4.79 Å². The normalized spacial score (nSPS) is 15.8. The van der Waals surface area contributed by atoms with Crippen LogP contribution >= 0.6 is 0 Å². The highest BCUT2D eigenvalue weighted by Gasteiger charge is 2.23. The van der Waals surface area contributed by atoms with Crippen LogP contribution in [0, 0.1) is 0 Å². The van der Waals surface area contributed by atoms with Gasteiger partial charge in [-0.05, 0) is 24.6 Å². The molecule has 0 bridgehead atoms. The highest BCUT2D eigenvalue weighted by molar-refractivity contribution is 5.74. The lowest BCUT2D eigenvalue weighted by Gasteiger charge is -2.27. The Labute approximate surface area is 141 Å². The predicted molar refractivity (Wildman–Crippen MR) is 90.5 cm³/mol. The summed E-state index contributed by atoms with van der Waals surface area (Å²) in [5.41, 5.74) is 2.00. The molecule has 0 aliphatic carbocycles. The van der Waals surface area contributed by atoms with Gasteiger partial charge in [0.1, 0.15) is 6.61 Å². The number of rotatable bonds is 5. The summed E-state index contributed by atoms with van der Waals surface area (Å²) in [6.07, 6.45) is 3.18. The van der Waals surface area contributed by atoms with Crippen molar-refractivity contribution >= 4 is 6.03 Å². The third-order valence-electron chi connectivity index (χ3n) is 3.90. The van der Waals surface area contributed by atoms with Crippen LogP contribution in [0.25, 0.3) is 0 Å². The summed E-state index contributed by atoms with van der Waals surface area (Å²) in [6, 6.07) is 11.3. The number of benzene rings is 1. The van der Waals surface area contributed by atoms with Gasteiger partial charge in [0.05, 0.1) is 13.2 Å². The zero-order valence-electron chi connectivity index (χ0n) is 13.6. The van der Waals surface area contributed by atoms with Gasteiger partial charge in [-0.1, -0.05) is 18.2 Å². The SMILES string of the molecule is COc1cccc2c1OC[C@H](NC(=O)NCCc1ccccn1)C2. The first-order valence-electron chi connectivity index (χ1n) is 7.99. The van der Waals surface area contributed by atoms with Crippen molar-refractivity contribution in [2.45, 2.75) is 18.9 Å². The Balaban J connectivity index is 1.47. The average Bonchev–Trinajstić information content (AvgIpc) is 2.62. The van der Waals surface area contributed by atoms with Crippen molar-refractivity contribution in [2.75, 3.05) is 20.3 Å². The Morgan fingerprint density at radius 2 is 2.25 bits per heavy atom. The second-order valence-electron chi connectivity index (χ2n) is 5.63. The van der Waals surface area contributed by atoms with E-state index in [-0.39, 0.29) is 12.1 Å². The van der Waals surface area contributed by atoms with E-state index in [0.717, 1.165) is 29.2 Å².